The topological polar surface area (TPSA) is 93.4 Å². The molecule has 1 saturated heterocycles. The molecule has 6 nitrogen and oxygen atoms in total. The van der Waals surface area contributed by atoms with Crippen molar-refractivity contribution in [2.75, 3.05) is 13.1 Å². The summed E-state index contributed by atoms with van der Waals surface area (Å²) in [6, 6.07) is 3.80. The molecule has 2 rings (SSSR count). The van der Waals surface area contributed by atoms with E-state index < -0.39 is 0 Å². The number of hydrogen-bond donors (Lipinski definition) is 3. The van der Waals surface area contributed by atoms with Crippen molar-refractivity contribution < 1.29 is 20.2 Å². The first kappa shape index (κ1) is 12.2. The van der Waals surface area contributed by atoms with Crippen molar-refractivity contribution in [1.29, 1.82) is 0 Å². The van der Waals surface area contributed by atoms with Crippen LogP contribution >= 0.6 is 0 Å². The lowest BCUT2D eigenvalue weighted by molar-refractivity contribution is 0.0753. The van der Waals surface area contributed by atoms with E-state index in [4.69, 9.17) is 5.21 Å². The van der Waals surface area contributed by atoms with E-state index in [2.05, 4.69) is 5.16 Å². The standard InChI is InChI=1S/C12H14N2O4/c15-10-5-8(6-11(16)7-10)12(17)14-3-1-9(13-18)2-4-14/h5-7,15-16,18H,1-4H2. The molecule has 0 radical (unpaired) electrons. The van der Waals surface area contributed by atoms with Crippen LogP contribution in [0.15, 0.2) is 23.4 Å². The first-order valence-corrected chi connectivity index (χ1v) is 5.62. The van der Waals surface area contributed by atoms with Crippen molar-refractivity contribution in [3.63, 3.8) is 0 Å². The number of likely N-dealkylation sites (tertiary alicyclic amines) is 1. The van der Waals surface area contributed by atoms with E-state index in [9.17, 15) is 15.0 Å². The highest BCUT2D eigenvalue weighted by Gasteiger charge is 2.21. The van der Waals surface area contributed by atoms with Gasteiger partial charge in [0.2, 0.25) is 0 Å². The van der Waals surface area contributed by atoms with Crippen molar-refractivity contribution >= 4 is 11.6 Å². The maximum Gasteiger partial charge on any atom is 0.254 e. The van der Waals surface area contributed by atoms with Gasteiger partial charge >= 0.3 is 0 Å². The van der Waals surface area contributed by atoms with Gasteiger partial charge < -0.3 is 20.3 Å². The Labute approximate surface area is 104 Å². The summed E-state index contributed by atoms with van der Waals surface area (Å²) in [5.41, 5.74) is 0.926. The minimum absolute atomic E-state index is 0.145. The third kappa shape index (κ3) is 2.53. The van der Waals surface area contributed by atoms with Crippen LogP contribution in [0.1, 0.15) is 23.2 Å². The lowest BCUT2D eigenvalue weighted by Crippen LogP contribution is -2.38. The van der Waals surface area contributed by atoms with E-state index in [1.165, 1.54) is 18.2 Å². The quantitative estimate of drug-likeness (QED) is 0.515. The molecular formula is C12H14N2O4. The van der Waals surface area contributed by atoms with Crippen LogP contribution in [0.3, 0.4) is 0 Å². The minimum Gasteiger partial charge on any atom is -0.508 e. The van der Waals surface area contributed by atoms with Gasteiger partial charge in [-0.05, 0) is 12.1 Å². The summed E-state index contributed by atoms with van der Waals surface area (Å²) in [6.45, 7) is 0.934. The van der Waals surface area contributed by atoms with E-state index >= 15 is 0 Å². The first-order chi connectivity index (χ1) is 8.60. The molecule has 1 amide bonds. The van der Waals surface area contributed by atoms with Gasteiger partial charge in [0.25, 0.3) is 5.91 Å². The zero-order chi connectivity index (χ0) is 13.1. The number of rotatable bonds is 1. The fraction of sp³-hybridized carbons (Fsp3) is 0.333. The number of nitrogens with zero attached hydrogens (tertiary/aromatic N) is 2. The molecule has 0 saturated carbocycles. The second-order valence-electron chi connectivity index (χ2n) is 4.20. The lowest BCUT2D eigenvalue weighted by Gasteiger charge is -2.27. The van der Waals surface area contributed by atoms with Crippen LogP contribution in [0, 0.1) is 0 Å². The highest BCUT2D eigenvalue weighted by molar-refractivity contribution is 5.96. The van der Waals surface area contributed by atoms with Crippen LogP contribution in [0.4, 0.5) is 0 Å². The van der Waals surface area contributed by atoms with Gasteiger partial charge in [0.1, 0.15) is 11.5 Å². The SMILES string of the molecule is O=C(c1cc(O)cc(O)c1)N1CCC(=NO)CC1. The van der Waals surface area contributed by atoms with Gasteiger partial charge in [-0.2, -0.15) is 0 Å². The summed E-state index contributed by atoms with van der Waals surface area (Å²) in [6.07, 6.45) is 1.07. The lowest BCUT2D eigenvalue weighted by atomic mass is 10.1. The first-order valence-electron chi connectivity index (χ1n) is 5.62. The summed E-state index contributed by atoms with van der Waals surface area (Å²) >= 11 is 0. The van der Waals surface area contributed by atoms with Crippen molar-refractivity contribution in [2.24, 2.45) is 5.16 Å². The smallest absolute Gasteiger partial charge is 0.254 e. The fourth-order valence-electron chi connectivity index (χ4n) is 1.97. The molecule has 1 aliphatic heterocycles. The maximum absolute atomic E-state index is 12.1. The van der Waals surface area contributed by atoms with E-state index in [0.717, 1.165) is 0 Å². The van der Waals surface area contributed by atoms with Crippen LogP contribution in [-0.4, -0.2) is 45.0 Å². The molecule has 0 aromatic heterocycles. The molecule has 1 aliphatic rings. The molecule has 1 heterocycles. The summed E-state index contributed by atoms with van der Waals surface area (Å²) < 4.78 is 0. The summed E-state index contributed by atoms with van der Waals surface area (Å²) in [5, 5.41) is 30.4. The van der Waals surface area contributed by atoms with Gasteiger partial charge in [-0.15, -0.1) is 0 Å². The van der Waals surface area contributed by atoms with Crippen LogP contribution in [0.2, 0.25) is 0 Å². The Morgan fingerprint density at radius 2 is 1.67 bits per heavy atom. The van der Waals surface area contributed by atoms with Crippen molar-refractivity contribution in [3.05, 3.63) is 23.8 Å². The molecule has 0 atom stereocenters. The van der Waals surface area contributed by atoms with Gasteiger partial charge in [-0.1, -0.05) is 5.16 Å². The highest BCUT2D eigenvalue weighted by atomic mass is 16.4. The molecule has 3 N–H and O–H groups in total. The van der Waals surface area contributed by atoms with E-state index in [1.807, 2.05) is 0 Å². The number of amides is 1. The molecule has 0 spiro atoms. The molecule has 0 aliphatic carbocycles. The number of benzene rings is 1. The van der Waals surface area contributed by atoms with Gasteiger partial charge in [0.15, 0.2) is 0 Å². The zero-order valence-corrected chi connectivity index (χ0v) is 9.70. The van der Waals surface area contributed by atoms with Crippen LogP contribution < -0.4 is 0 Å². The van der Waals surface area contributed by atoms with Crippen LogP contribution in [0.25, 0.3) is 0 Å². The van der Waals surface area contributed by atoms with Gasteiger partial charge in [-0.25, -0.2) is 0 Å². The number of hydrogen-bond acceptors (Lipinski definition) is 5. The fourth-order valence-corrected chi connectivity index (χ4v) is 1.97. The normalized spacial score (nSPS) is 15.6. The highest BCUT2D eigenvalue weighted by Crippen LogP contribution is 2.22. The minimum atomic E-state index is -0.252. The largest absolute Gasteiger partial charge is 0.508 e. The Morgan fingerprint density at radius 3 is 2.17 bits per heavy atom. The number of oxime groups is 1. The van der Waals surface area contributed by atoms with Gasteiger partial charge in [-0.3, -0.25) is 4.79 Å². The van der Waals surface area contributed by atoms with Crippen molar-refractivity contribution in [1.82, 2.24) is 4.90 Å². The summed E-state index contributed by atoms with van der Waals surface area (Å²) in [7, 11) is 0. The molecule has 96 valence electrons. The summed E-state index contributed by atoms with van der Waals surface area (Å²) in [4.78, 5) is 13.7. The number of phenols is 2. The zero-order valence-electron chi connectivity index (χ0n) is 9.70. The van der Waals surface area contributed by atoms with E-state index in [0.29, 0.717) is 31.6 Å². The van der Waals surface area contributed by atoms with E-state index in [1.54, 1.807) is 4.90 Å². The Morgan fingerprint density at radius 1 is 1.11 bits per heavy atom. The Hall–Kier alpha value is -2.24. The monoisotopic (exact) mass is 250 g/mol. The average molecular weight is 250 g/mol. The van der Waals surface area contributed by atoms with Gasteiger partial charge in [0, 0.05) is 37.6 Å². The second kappa shape index (κ2) is 4.95. The molecule has 1 fully saturated rings. The Bertz CT molecular complexity index is 469. The van der Waals surface area contributed by atoms with E-state index in [-0.39, 0.29) is 23.0 Å². The molecular weight excluding hydrogens is 236 g/mol. The number of carbonyl (C=O) groups excluding carboxylic acids is 1. The van der Waals surface area contributed by atoms with Crippen LogP contribution in [-0.2, 0) is 0 Å². The third-order valence-electron chi connectivity index (χ3n) is 2.92. The molecule has 6 heteroatoms. The Kier molecular flexibility index (Phi) is 3.36. The number of piperidine rings is 1. The Balaban J connectivity index is 2.12. The van der Waals surface area contributed by atoms with Crippen molar-refractivity contribution in [2.45, 2.75) is 12.8 Å². The molecule has 18 heavy (non-hydrogen) atoms. The maximum atomic E-state index is 12.1. The predicted molar refractivity (Wildman–Crippen MR) is 64.1 cm³/mol. The predicted octanol–water partition coefficient (Wildman–Crippen LogP) is 1.16. The van der Waals surface area contributed by atoms with Gasteiger partial charge in [0.05, 0.1) is 5.71 Å². The van der Waals surface area contributed by atoms with Crippen molar-refractivity contribution in [3.8, 4) is 11.5 Å². The van der Waals surface area contributed by atoms with Crippen LogP contribution in [0.5, 0.6) is 11.5 Å². The molecule has 0 bridgehead atoms. The summed E-state index contributed by atoms with van der Waals surface area (Å²) in [5.74, 6) is -0.542. The molecule has 0 unspecified atom stereocenters. The number of phenolic OH excluding ortho intramolecular Hbond substituents is 2. The molecule has 1 aromatic carbocycles. The number of carbonyl (C=O) groups is 1. The molecule has 1 aromatic rings. The third-order valence-corrected chi connectivity index (χ3v) is 2.92. The number of aromatic hydroxyl groups is 2. The average Bonchev–Trinajstić information content (AvgIpc) is 2.37. The second-order valence-corrected chi connectivity index (χ2v) is 4.20.